The molecule has 166 valence electrons. The van der Waals surface area contributed by atoms with Gasteiger partial charge >= 0.3 is 0 Å². The molecule has 0 spiro atoms. The van der Waals surface area contributed by atoms with Gasteiger partial charge in [-0.15, -0.1) is 0 Å². The highest BCUT2D eigenvalue weighted by Gasteiger charge is 2.24. The van der Waals surface area contributed by atoms with E-state index in [0.29, 0.717) is 16.5 Å². The quantitative estimate of drug-likeness (QED) is 0.526. The summed E-state index contributed by atoms with van der Waals surface area (Å²) in [6, 6.07) is 14.9. The van der Waals surface area contributed by atoms with Crippen molar-refractivity contribution in [1.82, 2.24) is 5.32 Å². The minimum atomic E-state index is -3.33. The first-order valence-corrected chi connectivity index (χ1v) is 12.4. The monoisotopic (exact) mass is 443 g/mol. The lowest BCUT2D eigenvalue weighted by molar-refractivity contribution is 0.0911. The maximum atomic E-state index is 12.9. The Hall–Kier alpha value is -2.80. The third kappa shape index (κ3) is 6.34. The van der Waals surface area contributed by atoms with Crippen LogP contribution in [-0.2, 0) is 22.0 Å². The molecule has 0 fully saturated rings. The Morgan fingerprint density at radius 3 is 2.39 bits per heavy atom. The van der Waals surface area contributed by atoms with Gasteiger partial charge in [0.15, 0.2) is 15.6 Å². The number of carbonyl (C=O) groups excluding carboxylic acids is 1. The first kappa shape index (κ1) is 22.9. The van der Waals surface area contributed by atoms with E-state index in [2.05, 4.69) is 5.32 Å². The predicted octanol–water partition coefficient (Wildman–Crippen LogP) is 4.52. The highest BCUT2D eigenvalue weighted by molar-refractivity contribution is 7.89. The van der Waals surface area contributed by atoms with Crippen LogP contribution >= 0.6 is 0 Å². The molecule has 0 bridgehead atoms. The van der Waals surface area contributed by atoms with Gasteiger partial charge in [0.1, 0.15) is 11.3 Å². The number of furan rings is 1. The number of hydrogen-bond donors (Lipinski definition) is 1. The summed E-state index contributed by atoms with van der Waals surface area (Å²) in [6.45, 7) is 5.90. The fraction of sp³-hybridized carbons (Fsp3) is 0.375. The molecule has 1 amide bonds. The summed E-state index contributed by atoms with van der Waals surface area (Å²) in [5, 5.41) is 3.59. The van der Waals surface area contributed by atoms with Gasteiger partial charge in [0.05, 0.1) is 11.9 Å². The molecule has 2 aromatic carbocycles. The van der Waals surface area contributed by atoms with E-state index in [9.17, 15) is 13.2 Å². The summed E-state index contributed by atoms with van der Waals surface area (Å²) in [7, 11) is -3.33. The van der Waals surface area contributed by atoms with Crippen LogP contribution in [0.5, 0.6) is 5.75 Å². The van der Waals surface area contributed by atoms with Gasteiger partial charge in [-0.3, -0.25) is 4.79 Å². The molecule has 1 heterocycles. The highest BCUT2D eigenvalue weighted by atomic mass is 32.2. The van der Waals surface area contributed by atoms with Crippen molar-refractivity contribution in [1.29, 1.82) is 0 Å². The number of sulfone groups is 1. The highest BCUT2D eigenvalue weighted by Crippen LogP contribution is 2.27. The predicted molar refractivity (Wildman–Crippen MR) is 122 cm³/mol. The van der Waals surface area contributed by atoms with E-state index in [1.165, 1.54) is 0 Å². The third-order valence-corrected chi connectivity index (χ3v) is 5.66. The molecule has 0 saturated heterocycles. The number of aryl methyl sites for hydroxylation is 1. The van der Waals surface area contributed by atoms with Crippen molar-refractivity contribution in [2.24, 2.45) is 0 Å². The van der Waals surface area contributed by atoms with Crippen molar-refractivity contribution >= 4 is 26.7 Å². The zero-order valence-electron chi connectivity index (χ0n) is 18.3. The van der Waals surface area contributed by atoms with Crippen LogP contribution in [0, 0.1) is 0 Å². The number of benzene rings is 2. The van der Waals surface area contributed by atoms with Gasteiger partial charge < -0.3 is 14.5 Å². The van der Waals surface area contributed by atoms with Crippen LogP contribution in [0.1, 0.15) is 48.9 Å². The number of nitrogens with one attached hydrogen (secondary N) is 1. The van der Waals surface area contributed by atoms with Crippen LogP contribution in [0.4, 0.5) is 0 Å². The minimum absolute atomic E-state index is 0.0636. The Kier molecular flexibility index (Phi) is 7.05. The lowest BCUT2D eigenvalue weighted by atomic mass is 10.1. The Balaban J connectivity index is 1.67. The fourth-order valence-corrected chi connectivity index (χ4v) is 4.25. The number of hydrogen-bond acceptors (Lipinski definition) is 5. The zero-order valence-corrected chi connectivity index (χ0v) is 19.2. The van der Waals surface area contributed by atoms with E-state index < -0.39 is 15.7 Å². The molecule has 0 radical (unpaired) electrons. The van der Waals surface area contributed by atoms with Crippen LogP contribution in [0.3, 0.4) is 0 Å². The smallest absolute Gasteiger partial charge is 0.287 e. The molecule has 1 N–H and O–H groups in total. The average molecular weight is 444 g/mol. The molecule has 0 aliphatic carbocycles. The Bertz CT molecular complexity index is 1150. The van der Waals surface area contributed by atoms with E-state index in [1.54, 1.807) is 24.3 Å². The van der Waals surface area contributed by atoms with Gasteiger partial charge in [-0.05, 0) is 57.4 Å². The summed E-state index contributed by atoms with van der Waals surface area (Å²) in [5.74, 6) is 0.256. The van der Waals surface area contributed by atoms with Crippen LogP contribution in [0.25, 0.3) is 11.0 Å². The first-order chi connectivity index (χ1) is 14.6. The van der Waals surface area contributed by atoms with Crippen LogP contribution in [-0.4, -0.2) is 32.7 Å². The van der Waals surface area contributed by atoms with E-state index in [0.717, 1.165) is 30.4 Å². The number of para-hydroxylation sites is 1. The largest absolute Gasteiger partial charge is 0.491 e. The second-order valence-corrected chi connectivity index (χ2v) is 10.3. The van der Waals surface area contributed by atoms with Crippen LogP contribution in [0.2, 0.25) is 0 Å². The molecule has 6 nitrogen and oxygen atoms in total. The number of rotatable bonds is 9. The van der Waals surface area contributed by atoms with Gasteiger partial charge in [-0.2, -0.15) is 0 Å². The molecule has 1 atom stereocenters. The maximum absolute atomic E-state index is 12.9. The SMILES string of the molecule is CC(CCc1ccc(OC(C)C)cc1)NC(=O)c1oc2ccccc2c1CS(C)(=O)=O. The molecule has 3 rings (SSSR count). The van der Waals surface area contributed by atoms with Gasteiger partial charge in [0.2, 0.25) is 0 Å². The topological polar surface area (TPSA) is 85.6 Å². The molecular formula is C24H29NO5S. The molecule has 3 aromatic rings. The number of amides is 1. The molecule has 7 heteroatoms. The van der Waals surface area contributed by atoms with Gasteiger partial charge in [-0.25, -0.2) is 8.42 Å². The van der Waals surface area contributed by atoms with E-state index in [-0.39, 0.29) is 23.7 Å². The summed E-state index contributed by atoms with van der Waals surface area (Å²) in [5.41, 5.74) is 2.06. The number of carbonyl (C=O) groups is 1. The fourth-order valence-electron chi connectivity index (χ4n) is 3.44. The third-order valence-electron chi connectivity index (χ3n) is 4.85. The Morgan fingerprint density at radius 2 is 1.74 bits per heavy atom. The summed E-state index contributed by atoms with van der Waals surface area (Å²) in [4.78, 5) is 12.9. The maximum Gasteiger partial charge on any atom is 0.287 e. The van der Waals surface area contributed by atoms with Crippen molar-refractivity contribution < 1.29 is 22.4 Å². The van der Waals surface area contributed by atoms with Crippen molar-refractivity contribution in [3.63, 3.8) is 0 Å². The summed E-state index contributed by atoms with van der Waals surface area (Å²) in [6.07, 6.45) is 2.81. The molecule has 0 aliphatic heterocycles. The molecule has 0 saturated carbocycles. The molecule has 31 heavy (non-hydrogen) atoms. The number of fused-ring (bicyclic) bond motifs is 1. The van der Waals surface area contributed by atoms with E-state index in [4.69, 9.17) is 9.15 Å². The van der Waals surface area contributed by atoms with Gasteiger partial charge in [0, 0.05) is 23.2 Å². The summed E-state index contributed by atoms with van der Waals surface area (Å²) >= 11 is 0. The van der Waals surface area contributed by atoms with Gasteiger partial charge in [0.25, 0.3) is 5.91 Å². The van der Waals surface area contributed by atoms with Gasteiger partial charge in [-0.1, -0.05) is 30.3 Å². The van der Waals surface area contributed by atoms with Crippen molar-refractivity contribution in [3.05, 3.63) is 65.4 Å². The Labute approximate surface area is 183 Å². The number of ether oxygens (including phenoxy) is 1. The van der Waals surface area contributed by atoms with Crippen LogP contribution in [0.15, 0.2) is 52.9 Å². The molecular weight excluding hydrogens is 414 g/mol. The average Bonchev–Trinajstić information content (AvgIpc) is 3.04. The minimum Gasteiger partial charge on any atom is -0.491 e. The molecule has 1 unspecified atom stereocenters. The van der Waals surface area contributed by atoms with Crippen LogP contribution < -0.4 is 10.1 Å². The molecule has 1 aromatic heterocycles. The second kappa shape index (κ2) is 9.56. The lowest BCUT2D eigenvalue weighted by Gasteiger charge is -2.14. The van der Waals surface area contributed by atoms with Crippen molar-refractivity contribution in [3.8, 4) is 5.75 Å². The second-order valence-electron chi connectivity index (χ2n) is 8.20. The lowest BCUT2D eigenvalue weighted by Crippen LogP contribution is -2.33. The van der Waals surface area contributed by atoms with Crippen molar-refractivity contribution in [2.45, 2.75) is 51.5 Å². The van der Waals surface area contributed by atoms with Crippen molar-refractivity contribution in [2.75, 3.05) is 6.26 Å². The zero-order chi connectivity index (χ0) is 22.6. The summed E-state index contributed by atoms with van der Waals surface area (Å²) < 4.78 is 35.2. The first-order valence-electron chi connectivity index (χ1n) is 10.4. The Morgan fingerprint density at radius 1 is 1.06 bits per heavy atom. The standard InChI is InChI=1S/C24H29NO5S/c1-16(2)29-19-13-11-18(12-14-19)10-9-17(3)25-24(26)23-21(15-31(4,27)28)20-7-5-6-8-22(20)30-23/h5-8,11-14,16-17H,9-10,15H2,1-4H3,(H,25,26). The van der Waals surface area contributed by atoms with E-state index in [1.807, 2.05) is 45.0 Å². The molecule has 0 aliphatic rings. The normalized spacial score (nSPS) is 12.8. The van der Waals surface area contributed by atoms with E-state index >= 15 is 0 Å².